The molecule has 4 N–H and O–H groups in total. The van der Waals surface area contributed by atoms with Gasteiger partial charge in [-0.05, 0) is 93.0 Å². The van der Waals surface area contributed by atoms with E-state index in [1.54, 1.807) is 18.3 Å². The molecule has 11 heteroatoms. The highest BCUT2D eigenvalue weighted by atomic mass is 32.1. The number of urea groups is 1. The minimum atomic E-state index is -0.579. The van der Waals surface area contributed by atoms with Crippen molar-refractivity contribution < 1.29 is 23.8 Å². The monoisotopic (exact) mass is 645 g/mol. The van der Waals surface area contributed by atoms with Crippen LogP contribution in [0.3, 0.4) is 0 Å². The van der Waals surface area contributed by atoms with E-state index >= 15 is 0 Å². The fraction of sp³-hybridized carbons (Fsp3) is 0.429. The molecule has 6 rings (SSSR count). The largest absolute Gasteiger partial charge is 0.453 e. The van der Waals surface area contributed by atoms with E-state index < -0.39 is 5.82 Å². The maximum absolute atomic E-state index is 14.9. The van der Waals surface area contributed by atoms with Gasteiger partial charge in [0.25, 0.3) is 0 Å². The number of aliphatic hydroxyl groups is 1. The van der Waals surface area contributed by atoms with E-state index in [0.29, 0.717) is 29.8 Å². The molecule has 2 saturated carbocycles. The zero-order valence-corrected chi connectivity index (χ0v) is 26.7. The molecule has 0 saturated heterocycles. The Kier molecular flexibility index (Phi) is 10.1. The minimum absolute atomic E-state index is 0.0296. The van der Waals surface area contributed by atoms with Gasteiger partial charge in [0.15, 0.2) is 11.6 Å². The van der Waals surface area contributed by atoms with Crippen molar-refractivity contribution in [1.29, 1.82) is 0 Å². The van der Waals surface area contributed by atoms with E-state index in [1.807, 2.05) is 18.3 Å². The second-order valence-corrected chi connectivity index (χ2v) is 13.5. The number of anilines is 1. The number of amides is 3. The van der Waals surface area contributed by atoms with Gasteiger partial charge in [-0.15, -0.1) is 11.3 Å². The third kappa shape index (κ3) is 8.00. The SMILES string of the molecule is CC1CCC(C(=O)NCCO)CCC1CCc1ccc(-c2cc3nccc(Oc4ccc(NC(=O)NC5CC5)cc4F)c3s2)nc1. The molecular weight excluding hydrogens is 605 g/mol. The topological polar surface area (TPSA) is 125 Å². The van der Waals surface area contributed by atoms with Crippen LogP contribution in [0.2, 0.25) is 0 Å². The number of hydrogen-bond donors (Lipinski definition) is 4. The fourth-order valence-electron chi connectivity index (χ4n) is 6.11. The van der Waals surface area contributed by atoms with Crippen LogP contribution in [0.25, 0.3) is 20.8 Å². The first-order chi connectivity index (χ1) is 22.4. The summed E-state index contributed by atoms with van der Waals surface area (Å²) in [6.07, 6.45) is 11.4. The van der Waals surface area contributed by atoms with Crippen molar-refractivity contribution in [3.05, 3.63) is 66.2 Å². The number of nitrogens with zero attached hydrogens (tertiary/aromatic N) is 2. The van der Waals surface area contributed by atoms with Crippen molar-refractivity contribution in [3.8, 4) is 22.1 Å². The maximum atomic E-state index is 14.9. The Bertz CT molecular complexity index is 1680. The first kappa shape index (κ1) is 31.9. The number of benzene rings is 1. The summed E-state index contributed by atoms with van der Waals surface area (Å²) >= 11 is 1.49. The summed E-state index contributed by atoms with van der Waals surface area (Å²) in [5.74, 6) is 1.20. The van der Waals surface area contributed by atoms with Gasteiger partial charge in [0, 0.05) is 48.7 Å². The Morgan fingerprint density at radius 1 is 1.02 bits per heavy atom. The number of carbonyl (C=O) groups is 2. The molecule has 0 bridgehead atoms. The summed E-state index contributed by atoms with van der Waals surface area (Å²) in [5, 5.41) is 17.3. The average Bonchev–Trinajstić information content (AvgIpc) is 3.79. The number of aromatic nitrogens is 2. The molecule has 242 valence electrons. The zero-order chi connectivity index (χ0) is 32.0. The number of hydrogen-bond acceptors (Lipinski definition) is 7. The first-order valence-electron chi connectivity index (χ1n) is 16.1. The molecule has 9 nitrogen and oxygen atoms in total. The Morgan fingerprint density at radius 3 is 2.63 bits per heavy atom. The Balaban J connectivity index is 1.07. The van der Waals surface area contributed by atoms with Crippen LogP contribution < -0.4 is 20.7 Å². The second kappa shape index (κ2) is 14.6. The van der Waals surface area contributed by atoms with Crippen molar-refractivity contribution >= 4 is 39.2 Å². The molecule has 4 aromatic rings. The van der Waals surface area contributed by atoms with Gasteiger partial charge in [0.1, 0.15) is 5.75 Å². The van der Waals surface area contributed by atoms with E-state index in [-0.39, 0.29) is 36.3 Å². The van der Waals surface area contributed by atoms with Crippen LogP contribution in [0.15, 0.2) is 54.9 Å². The molecule has 3 unspecified atom stereocenters. The number of thiophene rings is 1. The predicted octanol–water partition coefficient (Wildman–Crippen LogP) is 7.06. The zero-order valence-electron chi connectivity index (χ0n) is 25.9. The lowest BCUT2D eigenvalue weighted by atomic mass is 9.85. The molecule has 3 heterocycles. The standard InChI is InChI=1S/C35H40FN5O4S/c1-21-2-5-24(34(43)38-16-17-42)8-7-23(21)6-3-22-4-12-28(39-20-22)32-19-29-33(46-32)31(14-15-37-29)45-30-13-11-26(18-27(30)36)41-35(44)40-25-9-10-25/h4,11-15,18-21,23-25,42H,2-3,5-10,16-17H2,1H3,(H,38,43)(H2,40,41,44). The van der Waals surface area contributed by atoms with Gasteiger partial charge in [0.05, 0.1) is 27.4 Å². The number of ether oxygens (including phenoxy) is 1. The molecule has 1 aromatic carbocycles. The average molecular weight is 646 g/mol. The Hall–Kier alpha value is -4.09. The molecule has 2 aliphatic carbocycles. The summed E-state index contributed by atoms with van der Waals surface area (Å²) in [6, 6.07) is 12.1. The molecule has 2 fully saturated rings. The molecule has 3 aromatic heterocycles. The maximum Gasteiger partial charge on any atom is 0.319 e. The normalized spacial score (nSPS) is 19.8. The molecule has 46 heavy (non-hydrogen) atoms. The first-order valence-corrected chi connectivity index (χ1v) is 16.9. The second-order valence-electron chi connectivity index (χ2n) is 12.4. The summed E-state index contributed by atoms with van der Waals surface area (Å²) < 4.78 is 21.7. The van der Waals surface area contributed by atoms with Gasteiger partial charge in [-0.2, -0.15) is 0 Å². The van der Waals surface area contributed by atoms with Crippen LogP contribution >= 0.6 is 11.3 Å². The lowest BCUT2D eigenvalue weighted by molar-refractivity contribution is -0.125. The molecule has 3 amide bonds. The van der Waals surface area contributed by atoms with Crippen molar-refractivity contribution in [2.45, 2.75) is 64.3 Å². The summed E-state index contributed by atoms with van der Waals surface area (Å²) in [6.45, 7) is 2.59. The lowest BCUT2D eigenvalue weighted by Crippen LogP contribution is -2.32. The van der Waals surface area contributed by atoms with Crippen LogP contribution in [-0.2, 0) is 11.2 Å². The Labute approximate surface area is 272 Å². The van der Waals surface area contributed by atoms with E-state index in [9.17, 15) is 14.0 Å². The molecular formula is C35H40FN5O4S. The highest BCUT2D eigenvalue weighted by Crippen LogP contribution is 2.40. The van der Waals surface area contributed by atoms with Gasteiger partial charge in [-0.3, -0.25) is 14.8 Å². The van der Waals surface area contributed by atoms with Crippen LogP contribution in [0.5, 0.6) is 11.5 Å². The van der Waals surface area contributed by atoms with Crippen LogP contribution in [-0.4, -0.2) is 46.2 Å². The fourth-order valence-corrected chi connectivity index (χ4v) is 7.15. The van der Waals surface area contributed by atoms with E-state index in [2.05, 4.69) is 33.9 Å². The van der Waals surface area contributed by atoms with Gasteiger partial charge < -0.3 is 25.8 Å². The van der Waals surface area contributed by atoms with E-state index in [4.69, 9.17) is 14.8 Å². The minimum Gasteiger partial charge on any atom is -0.453 e. The molecule has 0 aliphatic heterocycles. The highest BCUT2D eigenvalue weighted by Gasteiger charge is 2.28. The number of halogens is 1. The predicted molar refractivity (Wildman–Crippen MR) is 178 cm³/mol. The molecule has 0 spiro atoms. The lowest BCUT2D eigenvalue weighted by Gasteiger charge is -2.21. The van der Waals surface area contributed by atoms with Gasteiger partial charge in [0.2, 0.25) is 5.91 Å². The number of fused-ring (bicyclic) bond motifs is 1. The Morgan fingerprint density at radius 2 is 1.87 bits per heavy atom. The summed E-state index contributed by atoms with van der Waals surface area (Å²) in [5.41, 5.74) is 3.11. The third-order valence-electron chi connectivity index (χ3n) is 9.02. The van der Waals surface area contributed by atoms with E-state index in [1.165, 1.54) is 29.0 Å². The van der Waals surface area contributed by atoms with E-state index in [0.717, 1.165) is 72.2 Å². The van der Waals surface area contributed by atoms with Crippen molar-refractivity contribution in [3.63, 3.8) is 0 Å². The third-order valence-corrected chi connectivity index (χ3v) is 10.2. The number of nitrogens with one attached hydrogen (secondary N) is 3. The van der Waals surface area contributed by atoms with Crippen LogP contribution in [0.1, 0.15) is 57.4 Å². The number of aryl methyl sites for hydroxylation is 1. The van der Waals surface area contributed by atoms with Crippen LogP contribution in [0, 0.1) is 23.6 Å². The molecule has 2 aliphatic rings. The quantitative estimate of drug-likeness (QED) is 0.130. The molecule has 0 radical (unpaired) electrons. The highest BCUT2D eigenvalue weighted by molar-refractivity contribution is 7.22. The smallest absolute Gasteiger partial charge is 0.319 e. The van der Waals surface area contributed by atoms with Crippen molar-refractivity contribution in [1.82, 2.24) is 20.6 Å². The van der Waals surface area contributed by atoms with Crippen LogP contribution in [0.4, 0.5) is 14.9 Å². The summed E-state index contributed by atoms with van der Waals surface area (Å²) in [7, 11) is 0. The summed E-state index contributed by atoms with van der Waals surface area (Å²) in [4.78, 5) is 34.6. The number of pyridine rings is 2. The number of aliphatic hydroxyl groups excluding tert-OH is 1. The molecule has 3 atom stereocenters. The van der Waals surface area contributed by atoms with Gasteiger partial charge in [-0.25, -0.2) is 9.18 Å². The van der Waals surface area contributed by atoms with Gasteiger partial charge in [-0.1, -0.05) is 13.0 Å². The van der Waals surface area contributed by atoms with Crippen molar-refractivity contribution in [2.75, 3.05) is 18.5 Å². The van der Waals surface area contributed by atoms with Crippen molar-refractivity contribution in [2.24, 2.45) is 17.8 Å². The van der Waals surface area contributed by atoms with Gasteiger partial charge >= 0.3 is 6.03 Å². The number of carbonyl (C=O) groups excluding carboxylic acids is 2. The number of rotatable bonds is 11.